The van der Waals surface area contributed by atoms with Crippen LogP contribution in [0.3, 0.4) is 0 Å². The van der Waals surface area contributed by atoms with Gasteiger partial charge in [-0.3, -0.25) is 4.79 Å². The lowest BCUT2D eigenvalue weighted by Gasteiger charge is -2.41. The third-order valence-corrected chi connectivity index (χ3v) is 8.07. The minimum Gasteiger partial charge on any atom is -0.497 e. The predicted octanol–water partition coefficient (Wildman–Crippen LogP) is 6.12. The Labute approximate surface area is 249 Å². The number of benzene rings is 3. The molecule has 1 atom stereocenters. The highest BCUT2D eigenvalue weighted by molar-refractivity contribution is 8.13. The van der Waals surface area contributed by atoms with E-state index < -0.39 is 6.03 Å². The Morgan fingerprint density at radius 3 is 2.21 bits per heavy atom. The third kappa shape index (κ3) is 6.31. The number of thioether (sulfide) groups is 1. The van der Waals surface area contributed by atoms with Crippen LogP contribution >= 0.6 is 11.8 Å². The van der Waals surface area contributed by atoms with Gasteiger partial charge in [-0.05, 0) is 67.4 Å². The van der Waals surface area contributed by atoms with Gasteiger partial charge in [-0.2, -0.15) is 0 Å². The van der Waals surface area contributed by atoms with E-state index in [1.54, 1.807) is 56.3 Å². The van der Waals surface area contributed by atoms with Crippen LogP contribution in [0.2, 0.25) is 0 Å². The molecule has 42 heavy (non-hydrogen) atoms. The van der Waals surface area contributed by atoms with Crippen molar-refractivity contribution in [3.63, 3.8) is 0 Å². The van der Waals surface area contributed by atoms with Gasteiger partial charge < -0.3 is 35.1 Å². The number of carbonyl (C=O) groups is 2. The lowest BCUT2D eigenvalue weighted by molar-refractivity contribution is -0.113. The molecule has 0 saturated carbocycles. The maximum Gasteiger partial charge on any atom is 0.323 e. The molecule has 0 aliphatic carbocycles. The number of allylic oxidation sites excluding steroid dienone is 1. The van der Waals surface area contributed by atoms with Crippen molar-refractivity contribution >= 4 is 45.9 Å². The number of carbonyl (C=O) groups excluding carboxylic acids is 2. The Morgan fingerprint density at radius 2 is 1.52 bits per heavy atom. The standard InChI is InChI=1S/C31H33N5O5S/c1-19-27(29(37)33-21-10-12-23(39-2)13-11-21)28(36-16-5-17-42-31(36)32-19)20-6-8-22(9-7-20)34-30(38)35-25-15-14-24(40-3)18-26(25)41-4/h6-15,18,28H,5,16-17H2,1-4H3,(H,33,37)(H2,34,35,38). The third-order valence-electron chi connectivity index (χ3n) is 6.99. The molecule has 3 aromatic carbocycles. The molecule has 1 fully saturated rings. The average molecular weight is 588 g/mol. The molecular formula is C31H33N5O5S. The summed E-state index contributed by atoms with van der Waals surface area (Å²) in [6.45, 7) is 2.67. The van der Waals surface area contributed by atoms with E-state index in [-0.39, 0.29) is 11.9 Å². The minimum absolute atomic E-state index is 0.212. The van der Waals surface area contributed by atoms with Crippen LogP contribution in [0, 0.1) is 0 Å². The molecule has 3 amide bonds. The van der Waals surface area contributed by atoms with Crippen molar-refractivity contribution in [3.05, 3.63) is 83.6 Å². The highest BCUT2D eigenvalue weighted by atomic mass is 32.2. The summed E-state index contributed by atoms with van der Waals surface area (Å²) >= 11 is 1.70. The summed E-state index contributed by atoms with van der Waals surface area (Å²) in [4.78, 5) is 33.4. The van der Waals surface area contributed by atoms with E-state index in [0.29, 0.717) is 45.6 Å². The number of urea groups is 1. The van der Waals surface area contributed by atoms with Gasteiger partial charge >= 0.3 is 6.03 Å². The number of rotatable bonds is 8. The molecule has 218 valence electrons. The van der Waals surface area contributed by atoms with Crippen LogP contribution in [0.15, 0.2) is 83.0 Å². The summed E-state index contributed by atoms with van der Waals surface area (Å²) in [7, 11) is 4.70. The lowest BCUT2D eigenvalue weighted by Crippen LogP contribution is -2.43. The number of hydrogen-bond donors (Lipinski definition) is 3. The van der Waals surface area contributed by atoms with Gasteiger partial charge in [0.1, 0.15) is 17.2 Å². The Morgan fingerprint density at radius 1 is 0.857 bits per heavy atom. The number of methoxy groups -OCH3 is 3. The van der Waals surface area contributed by atoms with Gasteiger partial charge in [0, 0.05) is 29.7 Å². The highest BCUT2D eigenvalue weighted by Crippen LogP contribution is 2.40. The first-order chi connectivity index (χ1) is 20.4. The molecular weight excluding hydrogens is 554 g/mol. The SMILES string of the molecule is COc1ccc(NC(=O)C2=C(C)N=C3SCCCN3C2c2ccc(NC(=O)Nc3ccc(OC)cc3OC)cc2)cc1. The van der Waals surface area contributed by atoms with Gasteiger partial charge in [-0.1, -0.05) is 23.9 Å². The summed E-state index contributed by atoms with van der Waals surface area (Å²) in [5.74, 6) is 2.59. The quantitative estimate of drug-likeness (QED) is 0.291. The Hall–Kier alpha value is -4.64. The fourth-order valence-electron chi connectivity index (χ4n) is 4.91. The number of ether oxygens (including phenoxy) is 3. The molecule has 0 aromatic heterocycles. The summed E-state index contributed by atoms with van der Waals surface area (Å²) in [5, 5.41) is 9.61. The predicted molar refractivity (Wildman–Crippen MR) is 167 cm³/mol. The Bertz CT molecular complexity index is 1520. The largest absolute Gasteiger partial charge is 0.497 e. The lowest BCUT2D eigenvalue weighted by atomic mass is 9.93. The van der Waals surface area contributed by atoms with Gasteiger partial charge in [0.05, 0.1) is 44.3 Å². The van der Waals surface area contributed by atoms with E-state index in [9.17, 15) is 9.59 Å². The smallest absolute Gasteiger partial charge is 0.323 e. The van der Waals surface area contributed by atoms with Gasteiger partial charge in [-0.15, -0.1) is 0 Å². The Balaban J connectivity index is 1.36. The molecule has 11 heteroatoms. The van der Waals surface area contributed by atoms with Gasteiger partial charge in [0.2, 0.25) is 0 Å². The molecule has 5 rings (SSSR count). The highest BCUT2D eigenvalue weighted by Gasteiger charge is 2.37. The number of fused-ring (bicyclic) bond motifs is 1. The maximum atomic E-state index is 13.7. The molecule has 1 saturated heterocycles. The van der Waals surface area contributed by atoms with E-state index in [2.05, 4.69) is 20.9 Å². The fraction of sp³-hybridized carbons (Fsp3) is 0.258. The van der Waals surface area contributed by atoms with Crippen LogP contribution in [0.4, 0.5) is 21.9 Å². The Kier molecular flexibility index (Phi) is 8.87. The number of anilines is 3. The van der Waals surface area contributed by atoms with Gasteiger partial charge in [-0.25, -0.2) is 9.79 Å². The van der Waals surface area contributed by atoms with E-state index in [1.165, 1.54) is 7.11 Å². The zero-order valence-electron chi connectivity index (χ0n) is 23.9. The van der Waals surface area contributed by atoms with Crippen LogP contribution in [-0.2, 0) is 4.79 Å². The van der Waals surface area contributed by atoms with Crippen molar-refractivity contribution in [2.24, 2.45) is 4.99 Å². The van der Waals surface area contributed by atoms with Crippen molar-refractivity contribution < 1.29 is 23.8 Å². The number of aliphatic imine (C=N–C) groups is 1. The van der Waals surface area contributed by atoms with Crippen LogP contribution in [-0.4, -0.2) is 55.6 Å². The molecule has 2 aliphatic heterocycles. The molecule has 0 radical (unpaired) electrons. The molecule has 0 bridgehead atoms. The zero-order chi connectivity index (χ0) is 29.6. The molecule has 0 spiro atoms. The van der Waals surface area contributed by atoms with E-state index >= 15 is 0 Å². The first-order valence-corrected chi connectivity index (χ1v) is 14.4. The summed E-state index contributed by atoms with van der Waals surface area (Å²) in [6.07, 6.45) is 0.987. The fourth-order valence-corrected chi connectivity index (χ4v) is 5.93. The molecule has 3 N–H and O–H groups in total. The number of amidine groups is 1. The van der Waals surface area contributed by atoms with Crippen molar-refractivity contribution in [2.75, 3.05) is 49.6 Å². The van der Waals surface area contributed by atoms with Crippen LogP contribution in [0.5, 0.6) is 17.2 Å². The first kappa shape index (κ1) is 28.9. The molecule has 3 aromatic rings. The summed E-state index contributed by atoms with van der Waals surface area (Å²) < 4.78 is 15.8. The number of nitrogens with zero attached hydrogens (tertiary/aromatic N) is 2. The molecule has 1 unspecified atom stereocenters. The monoisotopic (exact) mass is 587 g/mol. The average Bonchev–Trinajstić information content (AvgIpc) is 3.01. The first-order valence-electron chi connectivity index (χ1n) is 13.4. The second-order valence-electron chi connectivity index (χ2n) is 9.64. The second-order valence-corrected chi connectivity index (χ2v) is 10.7. The molecule has 10 nitrogen and oxygen atoms in total. The van der Waals surface area contributed by atoms with E-state index in [1.807, 2.05) is 43.3 Å². The zero-order valence-corrected chi connectivity index (χ0v) is 24.7. The number of amides is 3. The van der Waals surface area contributed by atoms with Crippen molar-refractivity contribution in [1.82, 2.24) is 4.90 Å². The number of hydrogen-bond acceptors (Lipinski definition) is 8. The second kappa shape index (κ2) is 12.9. The van der Waals surface area contributed by atoms with E-state index in [0.717, 1.165) is 29.4 Å². The van der Waals surface area contributed by atoms with Crippen LogP contribution in [0.1, 0.15) is 24.9 Å². The van der Waals surface area contributed by atoms with Crippen molar-refractivity contribution in [1.29, 1.82) is 0 Å². The molecule has 2 aliphatic rings. The van der Waals surface area contributed by atoms with Crippen molar-refractivity contribution in [2.45, 2.75) is 19.4 Å². The summed E-state index contributed by atoms with van der Waals surface area (Å²) in [6, 6.07) is 19.2. The van der Waals surface area contributed by atoms with E-state index in [4.69, 9.17) is 19.2 Å². The topological polar surface area (TPSA) is 114 Å². The van der Waals surface area contributed by atoms with Crippen LogP contribution < -0.4 is 30.2 Å². The number of nitrogens with one attached hydrogen (secondary N) is 3. The van der Waals surface area contributed by atoms with Crippen LogP contribution in [0.25, 0.3) is 0 Å². The summed E-state index contributed by atoms with van der Waals surface area (Å²) in [5.41, 5.74) is 3.97. The minimum atomic E-state index is -0.416. The van der Waals surface area contributed by atoms with Gasteiger partial charge in [0.25, 0.3) is 5.91 Å². The molecule has 2 heterocycles. The maximum absolute atomic E-state index is 13.7. The van der Waals surface area contributed by atoms with Crippen molar-refractivity contribution in [3.8, 4) is 17.2 Å². The van der Waals surface area contributed by atoms with Gasteiger partial charge in [0.15, 0.2) is 5.17 Å². The normalized spacial score (nSPS) is 16.1.